The van der Waals surface area contributed by atoms with E-state index in [4.69, 9.17) is 16.5 Å². The fourth-order valence-electron chi connectivity index (χ4n) is 4.30. The van der Waals surface area contributed by atoms with Crippen LogP contribution >= 0.6 is 0 Å². The Bertz CT molecular complexity index is 1130. The zero-order valence-corrected chi connectivity index (χ0v) is 19.5. The van der Waals surface area contributed by atoms with Gasteiger partial charge < -0.3 is 16.8 Å². The van der Waals surface area contributed by atoms with Gasteiger partial charge in [0.1, 0.15) is 0 Å². The predicted octanol–water partition coefficient (Wildman–Crippen LogP) is 1.95. The van der Waals surface area contributed by atoms with Crippen LogP contribution in [0.1, 0.15) is 29.5 Å². The van der Waals surface area contributed by atoms with E-state index in [9.17, 15) is 9.59 Å². The third kappa shape index (κ3) is 5.22. The number of hydrogen-bond donors (Lipinski definition) is 3. The summed E-state index contributed by atoms with van der Waals surface area (Å²) < 4.78 is 0. The van der Waals surface area contributed by atoms with Crippen molar-refractivity contribution in [3.8, 4) is 0 Å². The van der Waals surface area contributed by atoms with Crippen LogP contribution in [0.2, 0.25) is 0 Å². The average molecular weight is 471 g/mol. The fraction of sp³-hybridized carbons (Fsp3) is 0.259. The van der Waals surface area contributed by atoms with Gasteiger partial charge in [-0.15, -0.1) is 0 Å². The molecule has 1 aromatic heterocycles. The number of unbranched alkanes of at least 4 members (excludes halogenated alkanes) is 1. The highest BCUT2D eigenvalue weighted by Gasteiger charge is 2.50. The Kier molecular flexibility index (Phi) is 7.52. The Labute approximate surface area is 205 Å². The second kappa shape index (κ2) is 10.9. The number of hydrogen-bond acceptors (Lipinski definition) is 6. The molecule has 1 aliphatic heterocycles. The standard InChI is InChI=1S/C27H30N6O2/c28-23(19-20-13-16-30-17-14-20)24(34)31-15-7-8-18-33-25(35)27(32-26(33)29,21-9-3-1-4-10-21)22-11-5-2-6-12-22/h1-6,9-14,16-17,23H,7-8,15,18-19,28H2,(H2,29,32)(H,31,34)/t23-/m0/s1. The van der Waals surface area contributed by atoms with Crippen LogP contribution in [-0.2, 0) is 21.5 Å². The summed E-state index contributed by atoms with van der Waals surface area (Å²) in [6.07, 6.45) is 5.14. The van der Waals surface area contributed by atoms with Crippen LogP contribution in [0.5, 0.6) is 0 Å². The van der Waals surface area contributed by atoms with E-state index in [0.717, 1.165) is 16.7 Å². The molecule has 0 saturated heterocycles. The number of nitrogens with one attached hydrogen (secondary N) is 1. The maximum atomic E-state index is 13.7. The molecule has 5 N–H and O–H groups in total. The van der Waals surface area contributed by atoms with Crippen molar-refractivity contribution >= 4 is 17.8 Å². The number of nitrogens with two attached hydrogens (primary N) is 2. The lowest BCUT2D eigenvalue weighted by molar-refractivity contribution is -0.130. The zero-order chi connectivity index (χ0) is 24.7. The van der Waals surface area contributed by atoms with E-state index in [1.165, 1.54) is 4.90 Å². The summed E-state index contributed by atoms with van der Waals surface area (Å²) in [4.78, 5) is 36.2. The summed E-state index contributed by atoms with van der Waals surface area (Å²) in [6, 6.07) is 22.0. The molecule has 0 bridgehead atoms. The van der Waals surface area contributed by atoms with Gasteiger partial charge in [-0.1, -0.05) is 60.7 Å². The first-order valence-electron chi connectivity index (χ1n) is 11.7. The number of carbonyl (C=O) groups is 2. The average Bonchev–Trinajstić information content (AvgIpc) is 3.15. The number of nitrogens with zero attached hydrogens (tertiary/aromatic N) is 3. The SMILES string of the molecule is NC1=NC(c2ccccc2)(c2ccccc2)C(=O)N1CCCCNC(=O)[C@@H](N)Cc1ccncc1. The third-order valence-corrected chi connectivity index (χ3v) is 6.15. The summed E-state index contributed by atoms with van der Waals surface area (Å²) in [5.74, 6) is -0.172. The van der Waals surface area contributed by atoms with Crippen LogP contribution in [0, 0.1) is 0 Å². The molecular weight excluding hydrogens is 440 g/mol. The highest BCUT2D eigenvalue weighted by Crippen LogP contribution is 2.39. The number of aliphatic imine (C=N–C) groups is 1. The van der Waals surface area contributed by atoms with Gasteiger partial charge >= 0.3 is 0 Å². The third-order valence-electron chi connectivity index (χ3n) is 6.15. The van der Waals surface area contributed by atoms with Crippen molar-refractivity contribution in [2.24, 2.45) is 16.5 Å². The van der Waals surface area contributed by atoms with E-state index in [-0.39, 0.29) is 17.8 Å². The summed E-state index contributed by atoms with van der Waals surface area (Å²) in [5, 5.41) is 2.87. The number of pyridine rings is 1. The fourth-order valence-corrected chi connectivity index (χ4v) is 4.30. The van der Waals surface area contributed by atoms with Crippen molar-refractivity contribution in [2.75, 3.05) is 13.1 Å². The Morgan fingerprint density at radius 1 is 0.943 bits per heavy atom. The molecule has 0 aliphatic carbocycles. The molecule has 180 valence electrons. The van der Waals surface area contributed by atoms with Gasteiger partial charge in [0.15, 0.2) is 11.5 Å². The first-order valence-corrected chi connectivity index (χ1v) is 11.7. The molecule has 35 heavy (non-hydrogen) atoms. The minimum atomic E-state index is -1.19. The van der Waals surface area contributed by atoms with E-state index in [0.29, 0.717) is 32.4 Å². The molecule has 8 heteroatoms. The van der Waals surface area contributed by atoms with Gasteiger partial charge in [-0.25, -0.2) is 4.99 Å². The van der Waals surface area contributed by atoms with E-state index >= 15 is 0 Å². The van der Waals surface area contributed by atoms with Crippen molar-refractivity contribution in [1.82, 2.24) is 15.2 Å². The number of benzene rings is 2. The summed E-state index contributed by atoms with van der Waals surface area (Å²) in [5.41, 5.74) is 13.6. The first kappa shape index (κ1) is 24.1. The summed E-state index contributed by atoms with van der Waals surface area (Å²) in [7, 11) is 0. The molecule has 4 rings (SSSR count). The first-order chi connectivity index (χ1) is 17.0. The second-order valence-corrected chi connectivity index (χ2v) is 8.53. The number of guanidine groups is 1. The van der Waals surface area contributed by atoms with Gasteiger partial charge in [0.25, 0.3) is 5.91 Å². The van der Waals surface area contributed by atoms with Crippen LogP contribution in [0.15, 0.2) is 90.2 Å². The van der Waals surface area contributed by atoms with Gasteiger partial charge in [-0.3, -0.25) is 19.5 Å². The minimum Gasteiger partial charge on any atom is -0.369 e. The zero-order valence-electron chi connectivity index (χ0n) is 19.5. The van der Waals surface area contributed by atoms with Gasteiger partial charge in [0, 0.05) is 25.5 Å². The largest absolute Gasteiger partial charge is 0.369 e. The monoisotopic (exact) mass is 470 g/mol. The molecule has 0 fully saturated rings. The minimum absolute atomic E-state index is 0.171. The van der Waals surface area contributed by atoms with Gasteiger partial charge in [0.2, 0.25) is 5.91 Å². The molecule has 2 heterocycles. The van der Waals surface area contributed by atoms with Crippen LogP contribution in [0.3, 0.4) is 0 Å². The Balaban J connectivity index is 1.34. The highest BCUT2D eigenvalue weighted by atomic mass is 16.2. The van der Waals surface area contributed by atoms with E-state index < -0.39 is 11.6 Å². The number of rotatable bonds is 10. The molecule has 8 nitrogen and oxygen atoms in total. The van der Waals surface area contributed by atoms with E-state index in [2.05, 4.69) is 10.3 Å². The lowest BCUT2D eigenvalue weighted by atomic mass is 9.83. The summed E-state index contributed by atoms with van der Waals surface area (Å²) in [6.45, 7) is 0.874. The quantitative estimate of drug-likeness (QED) is 0.390. The molecule has 0 radical (unpaired) electrons. The molecule has 2 amide bonds. The van der Waals surface area contributed by atoms with E-state index in [1.54, 1.807) is 12.4 Å². The number of carbonyl (C=O) groups excluding carboxylic acids is 2. The van der Waals surface area contributed by atoms with Gasteiger partial charge in [-0.05, 0) is 48.1 Å². The van der Waals surface area contributed by atoms with E-state index in [1.807, 2.05) is 72.8 Å². The Morgan fingerprint density at radius 3 is 2.14 bits per heavy atom. The lowest BCUT2D eigenvalue weighted by Crippen LogP contribution is -2.44. The van der Waals surface area contributed by atoms with Crippen LogP contribution in [0.4, 0.5) is 0 Å². The predicted molar refractivity (Wildman–Crippen MR) is 135 cm³/mol. The molecule has 1 atom stereocenters. The maximum Gasteiger partial charge on any atom is 0.266 e. The van der Waals surface area contributed by atoms with Crippen LogP contribution in [-0.4, -0.2) is 46.8 Å². The van der Waals surface area contributed by atoms with Crippen LogP contribution in [0.25, 0.3) is 0 Å². The van der Waals surface area contributed by atoms with Crippen molar-refractivity contribution in [2.45, 2.75) is 30.8 Å². The van der Waals surface area contributed by atoms with Crippen molar-refractivity contribution < 1.29 is 9.59 Å². The molecule has 0 spiro atoms. The molecule has 2 aromatic carbocycles. The molecule has 0 unspecified atom stereocenters. The Morgan fingerprint density at radius 2 is 1.54 bits per heavy atom. The molecule has 1 aliphatic rings. The summed E-state index contributed by atoms with van der Waals surface area (Å²) >= 11 is 0. The lowest BCUT2D eigenvalue weighted by Gasteiger charge is -2.27. The van der Waals surface area contributed by atoms with Gasteiger partial charge in [0.05, 0.1) is 6.04 Å². The molecule has 0 saturated carbocycles. The second-order valence-electron chi connectivity index (χ2n) is 8.53. The number of amides is 2. The van der Waals surface area contributed by atoms with Crippen LogP contribution < -0.4 is 16.8 Å². The van der Waals surface area contributed by atoms with Crippen molar-refractivity contribution in [3.63, 3.8) is 0 Å². The van der Waals surface area contributed by atoms with Crippen molar-refractivity contribution in [1.29, 1.82) is 0 Å². The normalized spacial score (nSPS) is 15.5. The topological polar surface area (TPSA) is 127 Å². The molecular formula is C27H30N6O2. The molecule has 3 aromatic rings. The highest BCUT2D eigenvalue weighted by molar-refractivity contribution is 6.09. The van der Waals surface area contributed by atoms with Gasteiger partial charge in [-0.2, -0.15) is 0 Å². The number of aromatic nitrogens is 1. The van der Waals surface area contributed by atoms with Crippen molar-refractivity contribution in [3.05, 3.63) is 102 Å². The Hall–Kier alpha value is -4.04. The maximum absolute atomic E-state index is 13.7. The smallest absolute Gasteiger partial charge is 0.266 e.